The van der Waals surface area contributed by atoms with Crippen LogP contribution >= 0.6 is 11.6 Å². The van der Waals surface area contributed by atoms with Crippen LogP contribution in [0.4, 0.5) is 70.6 Å². The molecule has 8 fully saturated rings. The van der Waals surface area contributed by atoms with E-state index in [1.807, 2.05) is 79.7 Å². The highest BCUT2D eigenvalue weighted by atomic mass is 35.5. The summed E-state index contributed by atoms with van der Waals surface area (Å²) in [6, 6.07) is 17.2. The minimum absolute atomic E-state index is 0.0835. The van der Waals surface area contributed by atoms with Crippen molar-refractivity contribution in [3.8, 4) is 11.1 Å². The number of amides is 6. The van der Waals surface area contributed by atoms with Gasteiger partial charge < -0.3 is 49.8 Å². The number of hydrogen-bond donors (Lipinski definition) is 3. The summed E-state index contributed by atoms with van der Waals surface area (Å²) in [5, 5.41) is 6.23. The third kappa shape index (κ3) is 16.5. The van der Waals surface area contributed by atoms with Gasteiger partial charge >= 0.3 is 31.5 Å². The molecular weight excluding hydrogens is 1170 g/mol. The summed E-state index contributed by atoms with van der Waals surface area (Å²) >= 11 is 6.21. The summed E-state index contributed by atoms with van der Waals surface area (Å²) in [4.78, 5) is 67.3. The van der Waals surface area contributed by atoms with Gasteiger partial charge in [-0.3, -0.25) is 19.4 Å². The highest BCUT2D eigenvalue weighted by molar-refractivity contribution is 6.62. The number of hydrogen-bond acceptors (Lipinski definition) is 12. The quantitative estimate of drug-likeness (QED) is 0.0950. The number of aromatic nitrogens is 2. The Morgan fingerprint density at radius 3 is 1.65 bits per heavy atom. The van der Waals surface area contributed by atoms with Gasteiger partial charge in [-0.05, 0) is 175 Å². The second-order valence-corrected chi connectivity index (χ2v) is 25.4. The normalized spacial score (nSPS) is 24.0. The van der Waals surface area contributed by atoms with E-state index in [2.05, 4.69) is 25.5 Å². The number of anilines is 6. The first-order valence-electron chi connectivity index (χ1n) is 30.3. The number of nitrogens with two attached hydrogens (primary N) is 1. The molecule has 478 valence electrons. The van der Waals surface area contributed by atoms with Gasteiger partial charge in [0.15, 0.2) is 0 Å². The van der Waals surface area contributed by atoms with Crippen LogP contribution in [0, 0.1) is 49.4 Å². The topological polar surface area (TPSA) is 197 Å². The number of morpholine rings is 1. The molecule has 6 saturated heterocycles. The lowest BCUT2D eigenvalue weighted by atomic mass is 9.76. The van der Waals surface area contributed by atoms with E-state index in [1.54, 1.807) is 46.2 Å². The summed E-state index contributed by atoms with van der Waals surface area (Å²) in [7, 11) is -0.556. The van der Waals surface area contributed by atoms with E-state index < -0.39 is 67.4 Å². The summed E-state index contributed by atoms with van der Waals surface area (Å²) in [6.07, 6.45) is -7.47. The van der Waals surface area contributed by atoms with Crippen molar-refractivity contribution in [3.05, 3.63) is 76.8 Å². The zero-order chi connectivity index (χ0) is 63.6. The maximum absolute atomic E-state index is 12.7. The SMILES string of the molecule is CCOCC.Cc1ccc(NC(=O)N2CC[C@@H](CC(F)(F)F)C2)cc1-c1cc(N)nc(N2CC3CC3C2=O)c1.Cc1ccc(NC(=O)N2CC[C@@H](CC(F)(F)F)C2)cc1B1OC(C)(C)C(C)(C)O1.O=C1C2CC2CN1c1cc(Cl)cc(N2CCOCC2)n1. The van der Waals surface area contributed by atoms with Crippen molar-refractivity contribution in [3.63, 3.8) is 0 Å². The molecule has 6 atom stereocenters. The van der Waals surface area contributed by atoms with Crippen molar-refractivity contribution in [2.24, 2.45) is 35.5 Å². The van der Waals surface area contributed by atoms with E-state index in [-0.39, 0.29) is 36.7 Å². The number of alkyl halides is 6. The van der Waals surface area contributed by atoms with Gasteiger partial charge in [-0.1, -0.05) is 29.3 Å². The van der Waals surface area contributed by atoms with E-state index in [0.29, 0.717) is 91.4 Å². The second-order valence-electron chi connectivity index (χ2n) is 25.0. The minimum atomic E-state index is -4.23. The fourth-order valence-corrected chi connectivity index (χ4v) is 12.1. The number of halogens is 7. The van der Waals surface area contributed by atoms with Gasteiger partial charge in [-0.25, -0.2) is 19.6 Å². The Morgan fingerprint density at radius 1 is 0.682 bits per heavy atom. The van der Waals surface area contributed by atoms with E-state index in [9.17, 15) is 45.5 Å². The van der Waals surface area contributed by atoms with E-state index in [0.717, 1.165) is 79.2 Å². The largest absolute Gasteiger partial charge is 0.495 e. The van der Waals surface area contributed by atoms with E-state index in [1.165, 1.54) is 9.80 Å². The zero-order valence-corrected chi connectivity index (χ0v) is 51.9. The molecule has 0 spiro atoms. The fourth-order valence-electron chi connectivity index (χ4n) is 11.9. The molecule has 0 bridgehead atoms. The van der Waals surface area contributed by atoms with Gasteiger partial charge in [0.25, 0.3) is 0 Å². The van der Waals surface area contributed by atoms with Crippen molar-refractivity contribution in [1.82, 2.24) is 19.8 Å². The number of rotatable bonds is 11. The van der Waals surface area contributed by atoms with Crippen LogP contribution in [-0.2, 0) is 28.4 Å². The van der Waals surface area contributed by atoms with Crippen LogP contribution in [0.5, 0.6) is 0 Å². The lowest BCUT2D eigenvalue weighted by Gasteiger charge is -2.32. The van der Waals surface area contributed by atoms with Crippen LogP contribution in [0.15, 0.2) is 60.7 Å². The number of pyridine rings is 2. The van der Waals surface area contributed by atoms with Gasteiger partial charge in [0.05, 0.1) is 24.4 Å². The predicted octanol–water partition coefficient (Wildman–Crippen LogP) is 11.1. The lowest BCUT2D eigenvalue weighted by Crippen LogP contribution is -2.41. The van der Waals surface area contributed by atoms with Crippen LogP contribution in [0.2, 0.25) is 5.02 Å². The second kappa shape index (κ2) is 27.0. The summed E-state index contributed by atoms with van der Waals surface area (Å²) in [5.41, 5.74) is 10.5. The molecule has 4 N–H and O–H groups in total. The molecule has 6 amide bonds. The number of aryl methyl sites for hydroxylation is 2. The van der Waals surface area contributed by atoms with Crippen LogP contribution in [-0.4, -0.2) is 153 Å². The maximum Gasteiger partial charge on any atom is 0.495 e. The number of fused-ring (bicyclic) bond motifs is 2. The molecule has 2 saturated carbocycles. The molecule has 2 aromatic heterocycles. The lowest BCUT2D eigenvalue weighted by molar-refractivity contribution is -0.144. The molecule has 2 aliphatic carbocycles. The fraction of sp³-hybridized carbons (Fsp3) is 0.581. The van der Waals surface area contributed by atoms with Crippen LogP contribution < -0.4 is 36.5 Å². The first kappa shape index (κ1) is 66.0. The van der Waals surface area contributed by atoms with Gasteiger partial charge in [-0.15, -0.1) is 0 Å². The minimum Gasteiger partial charge on any atom is -0.399 e. The van der Waals surface area contributed by atoms with Crippen molar-refractivity contribution < 1.29 is 64.3 Å². The predicted molar refractivity (Wildman–Crippen MR) is 327 cm³/mol. The van der Waals surface area contributed by atoms with Crippen molar-refractivity contribution in [2.75, 3.05) is 110 Å². The number of ether oxygens (including phenoxy) is 2. The number of benzene rings is 2. The molecule has 12 rings (SSSR count). The number of piperidine rings is 2. The summed E-state index contributed by atoms with van der Waals surface area (Å²) in [6.45, 7) is 22.7. The molecule has 88 heavy (non-hydrogen) atoms. The molecule has 4 unspecified atom stereocenters. The molecule has 8 heterocycles. The Hall–Kier alpha value is -6.41. The Morgan fingerprint density at radius 2 is 1.17 bits per heavy atom. The average molecular weight is 1250 g/mol. The molecule has 8 aliphatic rings. The van der Waals surface area contributed by atoms with Gasteiger partial charge in [0.2, 0.25) is 11.8 Å². The third-order valence-electron chi connectivity index (χ3n) is 17.8. The van der Waals surface area contributed by atoms with Gasteiger partial charge in [-0.2, -0.15) is 26.3 Å². The van der Waals surface area contributed by atoms with Crippen molar-refractivity contribution in [1.29, 1.82) is 0 Å². The molecule has 6 aliphatic heterocycles. The monoisotopic (exact) mass is 1250 g/mol. The molecule has 26 heteroatoms. The first-order chi connectivity index (χ1) is 41.5. The Bertz CT molecular complexity index is 3170. The number of nitrogens with zero attached hydrogens (tertiary/aromatic N) is 7. The Labute approximate surface area is 515 Å². The average Bonchev–Trinajstić information content (AvgIpc) is 1.90. The molecule has 2 aromatic carbocycles. The van der Waals surface area contributed by atoms with Crippen LogP contribution in [0.1, 0.15) is 91.2 Å². The summed E-state index contributed by atoms with van der Waals surface area (Å²) < 4.78 is 98.1. The Balaban J connectivity index is 0.000000155. The van der Waals surface area contributed by atoms with E-state index >= 15 is 0 Å². The number of urea groups is 2. The number of carbonyl (C=O) groups is 4. The molecular formula is C62H80BClF6N10O8. The smallest absolute Gasteiger partial charge is 0.399 e. The van der Waals surface area contributed by atoms with Crippen molar-refractivity contribution in [2.45, 2.75) is 117 Å². The van der Waals surface area contributed by atoms with Gasteiger partial charge in [0, 0.05) is 107 Å². The molecule has 0 radical (unpaired) electrons. The maximum atomic E-state index is 12.7. The van der Waals surface area contributed by atoms with Crippen LogP contribution in [0.25, 0.3) is 11.1 Å². The third-order valence-corrected chi connectivity index (χ3v) is 18.0. The molecule has 4 aromatic rings. The highest BCUT2D eigenvalue weighted by Gasteiger charge is 2.55. The first-order valence-corrected chi connectivity index (χ1v) is 30.7. The molecule has 18 nitrogen and oxygen atoms in total. The summed E-state index contributed by atoms with van der Waals surface area (Å²) in [5.74, 6) is 2.80. The Kier molecular flexibility index (Phi) is 20.2. The van der Waals surface area contributed by atoms with Crippen molar-refractivity contribution >= 4 is 82.7 Å². The number of nitrogens with one attached hydrogen (secondary N) is 2. The standard InChI is InChI=1S/C24H26F3N5O2.C20H28BF3N2O3.C14H16ClN3O2.C4H10O/c1-13-2-3-17(29-23(34)31-5-4-14(11-31)10-24(25,26)27)9-18(13)15-7-20(28)30-21(8-15)32-12-16-6-19(16)22(32)33;1-13-6-7-15(10-16(13)21-28-18(2,3)19(4,5)29-21)25-17(27)26-9-8-14(12-26)11-20(22,23)24;15-10-6-12(17-1-3-20-4-2-17)16-13(7-10)18-8-9-5-11(9)14(18)19;1-3-5-4-2/h2-3,7-9,14,16,19H,4-6,10-12H2,1H3,(H2,28,30)(H,29,34);6-7,10,14H,8-9,11-12H2,1-5H3,(H,25,27);6-7,9,11H,1-5,8H2;3-4H2,1-2H3/t14-,16?,19?;14-;;/m00../s1. The van der Waals surface area contributed by atoms with Gasteiger partial charge in [0.1, 0.15) is 23.3 Å². The zero-order valence-electron chi connectivity index (χ0n) is 51.2. The highest BCUT2D eigenvalue weighted by Crippen LogP contribution is 2.49. The number of likely N-dealkylation sites (tertiary alicyclic amines) is 2. The van der Waals surface area contributed by atoms with E-state index in [4.69, 9.17) is 36.1 Å². The van der Waals surface area contributed by atoms with Crippen LogP contribution in [0.3, 0.4) is 0 Å². The number of carbonyl (C=O) groups excluding carboxylic acids is 4. The number of nitrogen functional groups attached to an aromatic ring is 1.